The van der Waals surface area contributed by atoms with Gasteiger partial charge in [-0.05, 0) is 41.5 Å². The van der Waals surface area contributed by atoms with Gasteiger partial charge in [0, 0.05) is 26.5 Å². The van der Waals surface area contributed by atoms with Gasteiger partial charge in [0.1, 0.15) is 11.4 Å². The molecule has 3 aromatic heterocycles. The second-order valence-electron chi connectivity index (χ2n) is 6.80. The summed E-state index contributed by atoms with van der Waals surface area (Å²) in [7, 11) is 0. The summed E-state index contributed by atoms with van der Waals surface area (Å²) in [6, 6.07) is 7.72. The van der Waals surface area contributed by atoms with Crippen LogP contribution in [0.15, 0.2) is 46.1 Å². The van der Waals surface area contributed by atoms with Crippen LogP contribution in [0, 0.1) is 0 Å². The molecule has 4 aromatic rings. The zero-order valence-corrected chi connectivity index (χ0v) is 19.0. The lowest BCUT2D eigenvalue weighted by atomic mass is 10.0. The van der Waals surface area contributed by atoms with E-state index in [1.165, 1.54) is 22.2 Å². The number of fused-ring (bicyclic) bond motifs is 1. The molecule has 0 aliphatic rings. The quantitative estimate of drug-likeness (QED) is 0.409. The van der Waals surface area contributed by atoms with E-state index in [1.54, 1.807) is 11.3 Å². The number of hydrogen-bond acceptors (Lipinski definition) is 5. The third kappa shape index (κ3) is 3.80. The predicted molar refractivity (Wildman–Crippen MR) is 126 cm³/mol. The molecule has 0 aliphatic carbocycles. The Hall–Kier alpha value is -2.48. The minimum Gasteiger partial charge on any atom is -0.324 e. The number of halogens is 1. The van der Waals surface area contributed by atoms with Crippen molar-refractivity contribution >= 4 is 56.1 Å². The first-order valence-corrected chi connectivity index (χ1v) is 11.8. The van der Waals surface area contributed by atoms with Gasteiger partial charge in [-0.1, -0.05) is 37.6 Å². The number of rotatable bonds is 6. The Kier molecular flexibility index (Phi) is 6.04. The molecular formula is C22H20ClN3O2S2. The second-order valence-corrected chi connectivity index (χ2v) is 9.01. The monoisotopic (exact) mass is 457 g/mol. The van der Waals surface area contributed by atoms with E-state index in [2.05, 4.69) is 10.3 Å². The fourth-order valence-corrected chi connectivity index (χ4v) is 5.51. The van der Waals surface area contributed by atoms with Gasteiger partial charge in [-0.15, -0.1) is 22.7 Å². The van der Waals surface area contributed by atoms with E-state index in [0.29, 0.717) is 21.7 Å². The van der Waals surface area contributed by atoms with Gasteiger partial charge in [0.25, 0.3) is 5.56 Å². The highest BCUT2D eigenvalue weighted by atomic mass is 35.5. The molecule has 5 nitrogen and oxygen atoms in total. The minimum atomic E-state index is -0.280. The lowest BCUT2D eigenvalue weighted by Gasteiger charge is -2.16. The van der Waals surface area contributed by atoms with Crippen molar-refractivity contribution in [2.45, 2.75) is 33.2 Å². The number of aromatic nitrogens is 2. The van der Waals surface area contributed by atoms with Crippen LogP contribution in [0.5, 0.6) is 0 Å². The largest absolute Gasteiger partial charge is 0.324 e. The maximum Gasteiger partial charge on any atom is 0.263 e. The molecule has 1 aromatic carbocycles. The molecule has 0 saturated heterocycles. The summed E-state index contributed by atoms with van der Waals surface area (Å²) in [6.07, 6.45) is 2.92. The van der Waals surface area contributed by atoms with E-state index in [-0.39, 0.29) is 18.0 Å². The summed E-state index contributed by atoms with van der Waals surface area (Å²) in [5.41, 5.74) is 3.33. The van der Waals surface area contributed by atoms with Crippen LogP contribution in [0.25, 0.3) is 20.7 Å². The first-order chi connectivity index (χ1) is 14.5. The number of benzene rings is 1. The molecule has 1 N–H and O–H groups in total. The maximum atomic E-state index is 13.1. The van der Waals surface area contributed by atoms with Crippen LogP contribution in [-0.4, -0.2) is 15.5 Å². The summed E-state index contributed by atoms with van der Waals surface area (Å²) in [5.74, 6) is -0.280. The number of nitrogens with zero attached hydrogens (tertiary/aromatic N) is 2. The Morgan fingerprint density at radius 3 is 2.73 bits per heavy atom. The first kappa shape index (κ1) is 20.8. The number of thiophene rings is 2. The van der Waals surface area contributed by atoms with Gasteiger partial charge in [-0.3, -0.25) is 14.2 Å². The standard InChI is InChI=1S/C22H20ClN3O2S2/c1-3-13-7-8-16(23)14(4-2)20(13)25-18(27)10-26-12-24-21-19(22(26)28)15(11-30-21)17-6-5-9-29-17/h5-9,11-12H,3-4,10H2,1-2H3,(H,25,27). The highest BCUT2D eigenvalue weighted by molar-refractivity contribution is 7.18. The van der Waals surface area contributed by atoms with Crippen LogP contribution in [0.3, 0.4) is 0 Å². The Balaban J connectivity index is 1.67. The molecule has 0 radical (unpaired) electrons. The second kappa shape index (κ2) is 8.71. The van der Waals surface area contributed by atoms with Crippen molar-refractivity contribution < 1.29 is 4.79 Å². The summed E-state index contributed by atoms with van der Waals surface area (Å²) < 4.78 is 1.36. The van der Waals surface area contributed by atoms with Crippen molar-refractivity contribution in [3.63, 3.8) is 0 Å². The third-order valence-electron chi connectivity index (χ3n) is 5.00. The number of anilines is 1. The average Bonchev–Trinajstić information content (AvgIpc) is 3.40. The van der Waals surface area contributed by atoms with Crippen LogP contribution in [0.2, 0.25) is 5.02 Å². The van der Waals surface area contributed by atoms with E-state index in [4.69, 9.17) is 11.6 Å². The van der Waals surface area contributed by atoms with Gasteiger partial charge in [0.15, 0.2) is 0 Å². The summed E-state index contributed by atoms with van der Waals surface area (Å²) in [5, 5.41) is 8.09. The fourth-order valence-electron chi connectivity index (χ4n) is 3.49. The van der Waals surface area contributed by atoms with E-state index in [9.17, 15) is 9.59 Å². The molecule has 0 fully saturated rings. The number of carbonyl (C=O) groups is 1. The third-order valence-corrected chi connectivity index (χ3v) is 7.15. The zero-order chi connectivity index (χ0) is 21.3. The number of carbonyl (C=O) groups excluding carboxylic acids is 1. The SMILES string of the molecule is CCc1ccc(Cl)c(CC)c1NC(=O)Cn1cnc2scc(-c3cccs3)c2c1=O. The molecule has 0 spiro atoms. The zero-order valence-electron chi connectivity index (χ0n) is 16.6. The Morgan fingerprint density at radius 1 is 1.20 bits per heavy atom. The first-order valence-electron chi connectivity index (χ1n) is 9.64. The Bertz CT molecular complexity index is 1280. The molecule has 0 aliphatic heterocycles. The van der Waals surface area contributed by atoms with Gasteiger partial charge in [0.2, 0.25) is 5.91 Å². The molecule has 0 saturated carbocycles. The lowest BCUT2D eigenvalue weighted by Crippen LogP contribution is -2.28. The topological polar surface area (TPSA) is 64.0 Å². The molecule has 0 bridgehead atoms. The summed E-state index contributed by atoms with van der Waals surface area (Å²) in [4.78, 5) is 32.1. The Labute approximate surface area is 187 Å². The number of amides is 1. The van der Waals surface area contributed by atoms with Gasteiger partial charge < -0.3 is 5.32 Å². The predicted octanol–water partition coefficient (Wildman–Crippen LogP) is 5.60. The molecule has 3 heterocycles. The fraction of sp³-hybridized carbons (Fsp3) is 0.227. The molecule has 0 atom stereocenters. The Morgan fingerprint density at radius 2 is 2.03 bits per heavy atom. The molecule has 4 rings (SSSR count). The van der Waals surface area contributed by atoms with Gasteiger partial charge in [-0.2, -0.15) is 0 Å². The maximum absolute atomic E-state index is 13.1. The van der Waals surface area contributed by atoms with E-state index < -0.39 is 0 Å². The molecule has 0 unspecified atom stereocenters. The van der Waals surface area contributed by atoms with Crippen molar-refractivity contribution in [2.75, 3.05) is 5.32 Å². The van der Waals surface area contributed by atoms with Crippen molar-refractivity contribution in [1.82, 2.24) is 9.55 Å². The molecule has 1 amide bonds. The molecule has 154 valence electrons. The minimum absolute atomic E-state index is 0.111. The van der Waals surface area contributed by atoms with Crippen LogP contribution in [0.4, 0.5) is 5.69 Å². The normalized spacial score (nSPS) is 11.2. The molecule has 8 heteroatoms. The van der Waals surface area contributed by atoms with Crippen LogP contribution in [-0.2, 0) is 24.2 Å². The van der Waals surface area contributed by atoms with Gasteiger partial charge >= 0.3 is 0 Å². The van der Waals surface area contributed by atoms with E-state index in [0.717, 1.165) is 33.7 Å². The van der Waals surface area contributed by atoms with Crippen LogP contribution < -0.4 is 10.9 Å². The lowest BCUT2D eigenvalue weighted by molar-refractivity contribution is -0.116. The number of hydrogen-bond donors (Lipinski definition) is 1. The van der Waals surface area contributed by atoms with Crippen molar-refractivity contribution in [1.29, 1.82) is 0 Å². The van der Waals surface area contributed by atoms with Crippen molar-refractivity contribution in [3.05, 3.63) is 67.9 Å². The average molecular weight is 458 g/mol. The van der Waals surface area contributed by atoms with Crippen molar-refractivity contribution in [2.24, 2.45) is 0 Å². The van der Waals surface area contributed by atoms with Crippen molar-refractivity contribution in [3.8, 4) is 10.4 Å². The van der Waals surface area contributed by atoms with E-state index >= 15 is 0 Å². The number of aryl methyl sites for hydroxylation is 1. The van der Waals surface area contributed by atoms with Gasteiger partial charge in [-0.25, -0.2) is 4.98 Å². The van der Waals surface area contributed by atoms with Crippen LogP contribution in [0.1, 0.15) is 25.0 Å². The summed E-state index contributed by atoms with van der Waals surface area (Å²) in [6.45, 7) is 3.92. The highest BCUT2D eigenvalue weighted by Gasteiger charge is 2.17. The number of nitrogens with one attached hydrogen (secondary N) is 1. The highest BCUT2D eigenvalue weighted by Crippen LogP contribution is 2.33. The smallest absolute Gasteiger partial charge is 0.263 e. The summed E-state index contributed by atoms with van der Waals surface area (Å²) >= 11 is 9.34. The van der Waals surface area contributed by atoms with Crippen LogP contribution >= 0.6 is 34.3 Å². The molecular weight excluding hydrogens is 438 g/mol. The van der Waals surface area contributed by atoms with Gasteiger partial charge in [0.05, 0.1) is 11.7 Å². The molecule has 30 heavy (non-hydrogen) atoms. The van der Waals surface area contributed by atoms with E-state index in [1.807, 2.05) is 48.9 Å².